The molecule has 2 aromatic rings. The number of carbonyl (C=O) groups is 1. The first-order valence-electron chi connectivity index (χ1n) is 9.29. The summed E-state index contributed by atoms with van der Waals surface area (Å²) in [5.41, 5.74) is 4.89. The van der Waals surface area contributed by atoms with E-state index in [1.807, 2.05) is 43.0 Å². The molecule has 3 heteroatoms. The predicted molar refractivity (Wildman–Crippen MR) is 112 cm³/mol. The van der Waals surface area contributed by atoms with Gasteiger partial charge < -0.3 is 4.90 Å². The Morgan fingerprint density at radius 1 is 0.962 bits per heavy atom. The van der Waals surface area contributed by atoms with E-state index in [1.54, 1.807) is 0 Å². The van der Waals surface area contributed by atoms with E-state index in [1.165, 1.54) is 23.3 Å². The quantitative estimate of drug-likeness (QED) is 0.538. The van der Waals surface area contributed by atoms with Crippen LogP contribution in [0, 0.1) is 0 Å². The van der Waals surface area contributed by atoms with Crippen LogP contribution in [0.3, 0.4) is 0 Å². The molecule has 26 heavy (non-hydrogen) atoms. The molecule has 0 saturated heterocycles. The molecule has 0 bridgehead atoms. The van der Waals surface area contributed by atoms with E-state index in [2.05, 4.69) is 52.3 Å². The Bertz CT molecular complexity index is 775. The van der Waals surface area contributed by atoms with E-state index in [0.717, 1.165) is 24.8 Å². The monoisotopic (exact) mass is 411 g/mol. The van der Waals surface area contributed by atoms with Crippen molar-refractivity contribution in [3.63, 3.8) is 0 Å². The molecule has 1 aliphatic rings. The number of amides is 1. The van der Waals surface area contributed by atoms with Gasteiger partial charge in [0.2, 0.25) is 5.91 Å². The van der Waals surface area contributed by atoms with Crippen molar-refractivity contribution in [3.05, 3.63) is 77.5 Å². The van der Waals surface area contributed by atoms with E-state index in [4.69, 9.17) is 0 Å². The van der Waals surface area contributed by atoms with Crippen molar-refractivity contribution in [1.29, 1.82) is 0 Å². The highest BCUT2D eigenvalue weighted by molar-refractivity contribution is 9.10. The third-order valence-corrected chi connectivity index (χ3v) is 5.16. The van der Waals surface area contributed by atoms with Gasteiger partial charge in [-0.15, -0.1) is 0 Å². The fourth-order valence-corrected chi connectivity index (χ4v) is 3.73. The molecule has 3 rings (SSSR count). The molecule has 0 fully saturated rings. The summed E-state index contributed by atoms with van der Waals surface area (Å²) in [5.74, 6) is 0.117. The number of benzene rings is 2. The van der Waals surface area contributed by atoms with Gasteiger partial charge in [-0.1, -0.05) is 76.6 Å². The van der Waals surface area contributed by atoms with E-state index in [9.17, 15) is 4.79 Å². The number of halogens is 1. The summed E-state index contributed by atoms with van der Waals surface area (Å²) < 4.78 is -0.589. The van der Waals surface area contributed by atoms with Crippen LogP contribution in [0.4, 0.5) is 0 Å². The lowest BCUT2D eigenvalue weighted by Gasteiger charge is -2.34. The van der Waals surface area contributed by atoms with Crippen LogP contribution in [0.15, 0.2) is 66.4 Å². The summed E-state index contributed by atoms with van der Waals surface area (Å²) in [7, 11) is 0. The van der Waals surface area contributed by atoms with Gasteiger partial charge in [0.05, 0.1) is 10.9 Å². The van der Waals surface area contributed by atoms with Gasteiger partial charge in [-0.25, -0.2) is 0 Å². The van der Waals surface area contributed by atoms with Gasteiger partial charge in [-0.05, 0) is 56.2 Å². The Hall–Kier alpha value is -1.87. The van der Waals surface area contributed by atoms with Crippen LogP contribution >= 0.6 is 15.9 Å². The molecule has 0 heterocycles. The zero-order valence-electron chi connectivity index (χ0n) is 15.5. The number of carbonyl (C=O) groups excluding carboxylic acids is 1. The second-order valence-corrected chi connectivity index (χ2v) is 9.33. The Balaban J connectivity index is 2.06. The van der Waals surface area contributed by atoms with Crippen molar-refractivity contribution in [3.8, 4) is 0 Å². The Morgan fingerprint density at radius 3 is 2.15 bits per heavy atom. The fourth-order valence-electron chi connectivity index (χ4n) is 3.51. The second-order valence-electron chi connectivity index (χ2n) is 7.35. The lowest BCUT2D eigenvalue weighted by molar-refractivity contribution is -0.131. The average molecular weight is 412 g/mol. The highest BCUT2D eigenvalue weighted by atomic mass is 79.9. The molecule has 0 atom stereocenters. The maximum Gasteiger partial charge on any atom is 0.243 e. The van der Waals surface area contributed by atoms with Crippen LogP contribution in [0.2, 0.25) is 0 Å². The van der Waals surface area contributed by atoms with Crippen molar-refractivity contribution in [2.24, 2.45) is 0 Å². The summed E-state index contributed by atoms with van der Waals surface area (Å²) in [5, 5.41) is 0. The second kappa shape index (κ2) is 8.22. The van der Waals surface area contributed by atoms with Crippen molar-refractivity contribution in [2.75, 3.05) is 0 Å². The number of hydrogen-bond donors (Lipinski definition) is 0. The van der Waals surface area contributed by atoms with E-state index in [-0.39, 0.29) is 5.91 Å². The zero-order chi connectivity index (χ0) is 18.6. The van der Waals surface area contributed by atoms with Crippen LogP contribution in [0.5, 0.6) is 0 Å². The Morgan fingerprint density at radius 2 is 1.54 bits per heavy atom. The van der Waals surface area contributed by atoms with Crippen LogP contribution in [0.1, 0.15) is 50.7 Å². The molecule has 2 aromatic carbocycles. The average Bonchev–Trinajstić information content (AvgIpc) is 2.66. The van der Waals surface area contributed by atoms with Crippen LogP contribution in [-0.2, 0) is 11.3 Å². The van der Waals surface area contributed by atoms with Gasteiger partial charge in [0.15, 0.2) is 0 Å². The van der Waals surface area contributed by atoms with Crippen molar-refractivity contribution >= 4 is 27.4 Å². The summed E-state index contributed by atoms with van der Waals surface area (Å²) in [6.45, 7) is 4.47. The SMILES string of the molecule is CC(C)(Br)C(=O)N(Cc1ccccc1)C1=C(c2ccccc2)CCCC1. The predicted octanol–water partition coefficient (Wildman–Crippen LogP) is 6.17. The molecule has 2 nitrogen and oxygen atoms in total. The minimum atomic E-state index is -0.589. The molecular weight excluding hydrogens is 386 g/mol. The van der Waals surface area contributed by atoms with Gasteiger partial charge in [0.1, 0.15) is 0 Å². The largest absolute Gasteiger partial charge is 0.310 e. The fraction of sp³-hybridized carbons (Fsp3) is 0.348. The lowest BCUT2D eigenvalue weighted by atomic mass is 9.89. The maximum absolute atomic E-state index is 13.3. The molecule has 0 aromatic heterocycles. The topological polar surface area (TPSA) is 20.3 Å². The first-order valence-corrected chi connectivity index (χ1v) is 10.1. The molecule has 1 amide bonds. The Labute approximate surface area is 165 Å². The number of nitrogens with zero attached hydrogens (tertiary/aromatic N) is 1. The molecule has 0 aliphatic heterocycles. The van der Waals surface area contributed by atoms with Crippen molar-refractivity contribution in [1.82, 2.24) is 4.90 Å². The van der Waals surface area contributed by atoms with Crippen LogP contribution < -0.4 is 0 Å². The molecular formula is C23H26BrNO. The molecule has 0 N–H and O–H groups in total. The summed E-state index contributed by atoms with van der Waals surface area (Å²) in [6, 6.07) is 20.8. The summed E-state index contributed by atoms with van der Waals surface area (Å²) in [6.07, 6.45) is 4.29. The number of alkyl halides is 1. The molecule has 0 radical (unpaired) electrons. The smallest absolute Gasteiger partial charge is 0.243 e. The lowest BCUT2D eigenvalue weighted by Crippen LogP contribution is -2.41. The first-order chi connectivity index (χ1) is 12.5. The maximum atomic E-state index is 13.3. The third kappa shape index (κ3) is 4.45. The molecule has 0 saturated carbocycles. The van der Waals surface area contributed by atoms with Gasteiger partial charge >= 0.3 is 0 Å². The van der Waals surface area contributed by atoms with Crippen LogP contribution in [0.25, 0.3) is 5.57 Å². The standard InChI is InChI=1S/C23H26BrNO/c1-23(2,24)22(26)25(17-18-11-5-3-6-12-18)21-16-10-9-15-20(21)19-13-7-4-8-14-19/h3-8,11-14H,9-10,15-17H2,1-2H3. The highest BCUT2D eigenvalue weighted by Gasteiger charge is 2.33. The van der Waals surface area contributed by atoms with Crippen molar-refractivity contribution < 1.29 is 4.79 Å². The Kier molecular flexibility index (Phi) is 5.98. The number of rotatable bonds is 5. The van der Waals surface area contributed by atoms with Gasteiger partial charge in [-0.2, -0.15) is 0 Å². The van der Waals surface area contributed by atoms with E-state index >= 15 is 0 Å². The minimum Gasteiger partial charge on any atom is -0.310 e. The van der Waals surface area contributed by atoms with Gasteiger partial charge in [0, 0.05) is 5.70 Å². The van der Waals surface area contributed by atoms with E-state index < -0.39 is 4.32 Å². The molecule has 136 valence electrons. The summed E-state index contributed by atoms with van der Waals surface area (Å²) in [4.78, 5) is 15.3. The zero-order valence-corrected chi connectivity index (χ0v) is 17.1. The summed E-state index contributed by atoms with van der Waals surface area (Å²) >= 11 is 3.59. The molecule has 0 unspecified atom stereocenters. The van der Waals surface area contributed by atoms with Gasteiger partial charge in [0.25, 0.3) is 0 Å². The normalized spacial score (nSPS) is 15.0. The molecule has 1 aliphatic carbocycles. The van der Waals surface area contributed by atoms with E-state index in [0.29, 0.717) is 6.54 Å². The minimum absolute atomic E-state index is 0.117. The highest BCUT2D eigenvalue weighted by Crippen LogP contribution is 2.36. The number of hydrogen-bond acceptors (Lipinski definition) is 1. The van der Waals surface area contributed by atoms with Crippen LogP contribution in [-0.4, -0.2) is 15.1 Å². The molecule has 0 spiro atoms. The number of allylic oxidation sites excluding steroid dienone is 2. The first kappa shape index (κ1) is 18.9. The van der Waals surface area contributed by atoms with Gasteiger partial charge in [-0.3, -0.25) is 4.79 Å². The third-order valence-electron chi connectivity index (χ3n) is 4.82. The van der Waals surface area contributed by atoms with Crippen molar-refractivity contribution in [2.45, 2.75) is 50.4 Å².